The molecular weight excluding hydrogens is 370 g/mol. The Labute approximate surface area is 170 Å². The van der Waals surface area contributed by atoms with Crippen LogP contribution in [0.4, 0.5) is 11.4 Å². The minimum Gasteiger partial charge on any atom is -0.497 e. The molecule has 1 fully saturated rings. The second-order valence-electron chi connectivity index (χ2n) is 7.12. The van der Waals surface area contributed by atoms with Crippen LogP contribution in [0, 0.1) is 0 Å². The summed E-state index contributed by atoms with van der Waals surface area (Å²) in [5.74, 6) is 1.49. The van der Waals surface area contributed by atoms with Gasteiger partial charge in [-0.15, -0.1) is 0 Å². The summed E-state index contributed by atoms with van der Waals surface area (Å²) in [5, 5.41) is 0. The first-order chi connectivity index (χ1) is 14.2. The Bertz CT molecular complexity index is 876. The lowest BCUT2D eigenvalue weighted by Crippen LogP contribution is -2.49. The van der Waals surface area contributed by atoms with Crippen molar-refractivity contribution >= 4 is 23.2 Å². The van der Waals surface area contributed by atoms with E-state index in [1.807, 2.05) is 53.4 Å². The van der Waals surface area contributed by atoms with Crippen LogP contribution in [0.25, 0.3) is 0 Å². The Morgan fingerprint density at radius 1 is 1.03 bits per heavy atom. The Morgan fingerprint density at radius 3 is 2.48 bits per heavy atom. The predicted octanol–water partition coefficient (Wildman–Crippen LogP) is 2.16. The fourth-order valence-corrected chi connectivity index (χ4v) is 3.77. The van der Waals surface area contributed by atoms with Gasteiger partial charge in [-0.25, -0.2) is 0 Å². The van der Waals surface area contributed by atoms with E-state index in [9.17, 15) is 9.59 Å². The van der Waals surface area contributed by atoms with Crippen molar-refractivity contribution in [3.05, 3.63) is 48.5 Å². The first-order valence-corrected chi connectivity index (χ1v) is 9.84. The maximum atomic E-state index is 12.7. The maximum Gasteiger partial charge on any atom is 0.265 e. The molecule has 0 unspecified atom stereocenters. The molecule has 0 N–H and O–H groups in total. The second-order valence-corrected chi connectivity index (χ2v) is 7.12. The molecule has 2 amide bonds. The number of fused-ring (bicyclic) bond motifs is 1. The molecule has 2 aromatic carbocycles. The fraction of sp³-hybridized carbons (Fsp3) is 0.364. The van der Waals surface area contributed by atoms with Crippen molar-refractivity contribution in [2.75, 3.05) is 56.2 Å². The largest absolute Gasteiger partial charge is 0.497 e. The molecule has 29 heavy (non-hydrogen) atoms. The van der Waals surface area contributed by atoms with Gasteiger partial charge in [0.05, 0.1) is 12.8 Å². The number of benzene rings is 2. The number of amides is 2. The zero-order valence-electron chi connectivity index (χ0n) is 16.5. The van der Waals surface area contributed by atoms with E-state index in [1.165, 1.54) is 0 Å². The van der Waals surface area contributed by atoms with E-state index in [-0.39, 0.29) is 18.4 Å². The zero-order valence-corrected chi connectivity index (χ0v) is 16.5. The molecule has 2 aliphatic rings. The molecule has 0 aliphatic carbocycles. The molecule has 0 spiro atoms. The van der Waals surface area contributed by atoms with Crippen molar-refractivity contribution in [2.45, 2.75) is 6.42 Å². The highest BCUT2D eigenvalue weighted by atomic mass is 16.5. The molecule has 1 saturated heterocycles. The highest BCUT2D eigenvalue weighted by Crippen LogP contribution is 2.31. The van der Waals surface area contributed by atoms with Crippen LogP contribution in [-0.4, -0.2) is 63.2 Å². The van der Waals surface area contributed by atoms with Gasteiger partial charge in [-0.05, 0) is 36.4 Å². The monoisotopic (exact) mass is 395 g/mol. The Kier molecular flexibility index (Phi) is 5.55. The molecule has 0 saturated carbocycles. The van der Waals surface area contributed by atoms with Crippen molar-refractivity contribution < 1.29 is 19.1 Å². The average molecular weight is 395 g/mol. The number of piperazine rings is 1. The van der Waals surface area contributed by atoms with Gasteiger partial charge in [-0.1, -0.05) is 12.1 Å². The van der Waals surface area contributed by atoms with Crippen molar-refractivity contribution in [1.29, 1.82) is 0 Å². The van der Waals surface area contributed by atoms with Gasteiger partial charge >= 0.3 is 0 Å². The number of hydrogen-bond donors (Lipinski definition) is 0. The summed E-state index contributed by atoms with van der Waals surface area (Å²) in [5.41, 5.74) is 1.87. The molecule has 2 heterocycles. The Morgan fingerprint density at radius 2 is 1.76 bits per heavy atom. The maximum absolute atomic E-state index is 12.7. The van der Waals surface area contributed by atoms with Crippen LogP contribution in [0.2, 0.25) is 0 Å². The SMILES string of the molecule is COc1ccc(N2CCN(C(=O)CCN3C(=O)COc4ccccc43)CC2)cc1. The number of anilines is 2. The standard InChI is InChI=1S/C22H25N3O4/c1-28-18-8-6-17(7-9-18)23-12-14-24(15-13-23)21(26)10-11-25-19-4-2-3-5-20(19)29-16-22(25)27/h2-9H,10-16H2,1H3. The minimum atomic E-state index is -0.110. The first-order valence-electron chi connectivity index (χ1n) is 9.84. The summed E-state index contributed by atoms with van der Waals surface area (Å²) in [6.07, 6.45) is 0.308. The van der Waals surface area contributed by atoms with Gasteiger partial charge in [-0.3, -0.25) is 9.59 Å². The van der Waals surface area contributed by atoms with Gasteiger partial charge in [-0.2, -0.15) is 0 Å². The predicted molar refractivity (Wildman–Crippen MR) is 111 cm³/mol. The van der Waals surface area contributed by atoms with Crippen LogP contribution in [0.5, 0.6) is 11.5 Å². The molecule has 2 aromatic rings. The normalized spacial score (nSPS) is 16.3. The zero-order chi connectivity index (χ0) is 20.2. The van der Waals surface area contributed by atoms with Crippen molar-refractivity contribution in [1.82, 2.24) is 4.90 Å². The quantitative estimate of drug-likeness (QED) is 0.776. The van der Waals surface area contributed by atoms with Gasteiger partial charge in [0.2, 0.25) is 5.91 Å². The van der Waals surface area contributed by atoms with E-state index in [4.69, 9.17) is 9.47 Å². The van der Waals surface area contributed by atoms with Crippen LogP contribution < -0.4 is 19.3 Å². The molecule has 0 radical (unpaired) electrons. The number of hydrogen-bond acceptors (Lipinski definition) is 5. The van der Waals surface area contributed by atoms with E-state index in [2.05, 4.69) is 4.90 Å². The summed E-state index contributed by atoms with van der Waals surface area (Å²) in [7, 11) is 1.66. The highest BCUT2D eigenvalue weighted by Gasteiger charge is 2.27. The first kappa shape index (κ1) is 19.1. The minimum absolute atomic E-state index is 0.0196. The van der Waals surface area contributed by atoms with Gasteiger partial charge < -0.3 is 24.2 Å². The van der Waals surface area contributed by atoms with E-state index >= 15 is 0 Å². The van der Waals surface area contributed by atoms with Crippen LogP contribution >= 0.6 is 0 Å². The van der Waals surface area contributed by atoms with E-state index in [0.29, 0.717) is 31.8 Å². The summed E-state index contributed by atoms with van der Waals surface area (Å²) in [4.78, 5) is 30.8. The van der Waals surface area contributed by atoms with Gasteiger partial charge in [0.15, 0.2) is 6.61 Å². The summed E-state index contributed by atoms with van der Waals surface area (Å²) < 4.78 is 10.7. The lowest BCUT2D eigenvalue weighted by molar-refractivity contribution is -0.131. The lowest BCUT2D eigenvalue weighted by atomic mass is 10.2. The smallest absolute Gasteiger partial charge is 0.265 e. The lowest BCUT2D eigenvalue weighted by Gasteiger charge is -2.36. The molecule has 7 nitrogen and oxygen atoms in total. The third-order valence-corrected chi connectivity index (χ3v) is 5.43. The van der Waals surface area contributed by atoms with Crippen LogP contribution in [-0.2, 0) is 9.59 Å². The number of methoxy groups -OCH3 is 1. The van der Waals surface area contributed by atoms with Crippen LogP contribution in [0.3, 0.4) is 0 Å². The molecule has 0 bridgehead atoms. The van der Waals surface area contributed by atoms with E-state index in [1.54, 1.807) is 12.0 Å². The Hall–Kier alpha value is -3.22. The van der Waals surface area contributed by atoms with Gasteiger partial charge in [0.1, 0.15) is 11.5 Å². The Balaban J connectivity index is 1.31. The van der Waals surface area contributed by atoms with Crippen molar-refractivity contribution in [3.8, 4) is 11.5 Å². The van der Waals surface area contributed by atoms with E-state index in [0.717, 1.165) is 30.2 Å². The summed E-state index contributed by atoms with van der Waals surface area (Å²) in [6, 6.07) is 15.4. The van der Waals surface area contributed by atoms with Gasteiger partial charge in [0, 0.05) is 44.8 Å². The molecule has 4 rings (SSSR count). The van der Waals surface area contributed by atoms with Gasteiger partial charge in [0.25, 0.3) is 5.91 Å². The molecule has 2 aliphatic heterocycles. The molecule has 0 atom stereocenters. The van der Waals surface area contributed by atoms with Crippen molar-refractivity contribution in [3.63, 3.8) is 0 Å². The van der Waals surface area contributed by atoms with Crippen LogP contribution in [0.15, 0.2) is 48.5 Å². The summed E-state index contributed by atoms with van der Waals surface area (Å²) >= 11 is 0. The number of ether oxygens (including phenoxy) is 2. The fourth-order valence-electron chi connectivity index (χ4n) is 3.77. The second kappa shape index (κ2) is 8.43. The van der Waals surface area contributed by atoms with E-state index < -0.39 is 0 Å². The summed E-state index contributed by atoms with van der Waals surface area (Å²) in [6.45, 7) is 3.33. The average Bonchev–Trinajstić information content (AvgIpc) is 2.78. The third-order valence-electron chi connectivity index (χ3n) is 5.43. The number of carbonyl (C=O) groups is 2. The molecule has 7 heteroatoms. The molecule has 0 aromatic heterocycles. The van der Waals surface area contributed by atoms with Crippen LogP contribution in [0.1, 0.15) is 6.42 Å². The number of para-hydroxylation sites is 2. The topological polar surface area (TPSA) is 62.3 Å². The molecular formula is C22H25N3O4. The third kappa shape index (κ3) is 4.13. The number of carbonyl (C=O) groups excluding carboxylic acids is 2. The number of nitrogens with zero attached hydrogens (tertiary/aromatic N) is 3. The van der Waals surface area contributed by atoms with Crippen molar-refractivity contribution in [2.24, 2.45) is 0 Å². The highest BCUT2D eigenvalue weighted by molar-refractivity contribution is 5.98. The number of rotatable bonds is 5. The molecule has 152 valence electrons.